The summed E-state index contributed by atoms with van der Waals surface area (Å²) in [6.07, 6.45) is 3.54. The number of nitrogens with zero attached hydrogens (tertiary/aromatic N) is 3. The first-order valence-electron chi connectivity index (χ1n) is 9.97. The average Bonchev–Trinajstić information content (AvgIpc) is 3.33. The first kappa shape index (κ1) is 19.2. The van der Waals surface area contributed by atoms with Gasteiger partial charge in [-0.25, -0.2) is 0 Å². The molecule has 1 atom stereocenters. The van der Waals surface area contributed by atoms with Crippen molar-refractivity contribution in [3.05, 3.63) is 77.9 Å². The fourth-order valence-corrected chi connectivity index (χ4v) is 4.00. The lowest BCUT2D eigenvalue weighted by Crippen LogP contribution is -2.38. The van der Waals surface area contributed by atoms with Gasteiger partial charge in [0.2, 0.25) is 12.3 Å². The number of hydrogen-bond donors (Lipinski definition) is 0. The summed E-state index contributed by atoms with van der Waals surface area (Å²) in [4.78, 5) is 19.3. The highest BCUT2D eigenvalue weighted by atomic mass is 16.5. The lowest BCUT2D eigenvalue weighted by Gasteiger charge is -2.32. The topological polar surface area (TPSA) is 68.5 Å². The molecule has 0 aliphatic carbocycles. The number of rotatable bonds is 6. The monoisotopic (exact) mass is 391 g/mol. The summed E-state index contributed by atoms with van der Waals surface area (Å²) in [6, 6.07) is 18.2. The summed E-state index contributed by atoms with van der Waals surface area (Å²) in [7, 11) is 1.66. The fourth-order valence-electron chi connectivity index (χ4n) is 4.00. The second-order valence-electron chi connectivity index (χ2n) is 7.39. The number of amides is 1. The molecule has 0 bridgehead atoms. The molecule has 0 radical (unpaired) electrons. The largest absolute Gasteiger partial charge is 0.497 e. The lowest BCUT2D eigenvalue weighted by atomic mass is 9.87. The highest BCUT2D eigenvalue weighted by Gasteiger charge is 2.28. The molecule has 1 unspecified atom stereocenters. The minimum Gasteiger partial charge on any atom is -0.497 e. The number of aromatic nitrogens is 2. The number of methoxy groups -OCH3 is 1. The first-order valence-corrected chi connectivity index (χ1v) is 9.97. The third-order valence-corrected chi connectivity index (χ3v) is 5.69. The maximum absolute atomic E-state index is 13.1. The summed E-state index contributed by atoms with van der Waals surface area (Å²) in [5.74, 6) is 2.03. The van der Waals surface area contributed by atoms with Crippen LogP contribution >= 0.6 is 0 Å². The second kappa shape index (κ2) is 8.90. The van der Waals surface area contributed by atoms with E-state index in [1.54, 1.807) is 7.11 Å². The molecular weight excluding hydrogens is 366 g/mol. The van der Waals surface area contributed by atoms with Gasteiger partial charge >= 0.3 is 0 Å². The van der Waals surface area contributed by atoms with Gasteiger partial charge in [0.1, 0.15) is 5.75 Å². The molecule has 2 heterocycles. The van der Waals surface area contributed by atoms with E-state index < -0.39 is 0 Å². The molecule has 1 aliphatic rings. The van der Waals surface area contributed by atoms with Crippen LogP contribution < -0.4 is 4.74 Å². The SMILES string of the molecule is COc1ccc(C(CC(=O)N2CCC(c3ncon3)CC2)c2ccccc2)cc1. The standard InChI is InChI=1S/C23H25N3O3/c1-28-20-9-7-18(8-10-20)21(17-5-3-2-4-6-17)15-22(27)26-13-11-19(12-14-26)23-24-16-29-25-23/h2-10,16,19,21H,11-15H2,1H3. The lowest BCUT2D eigenvalue weighted by molar-refractivity contribution is -0.132. The Bertz CT molecular complexity index is 902. The Balaban J connectivity index is 1.46. The van der Waals surface area contributed by atoms with E-state index in [2.05, 4.69) is 22.3 Å². The van der Waals surface area contributed by atoms with E-state index in [9.17, 15) is 4.79 Å². The first-order chi connectivity index (χ1) is 14.2. The van der Waals surface area contributed by atoms with E-state index in [0.717, 1.165) is 48.6 Å². The fraction of sp³-hybridized carbons (Fsp3) is 0.348. The number of carbonyl (C=O) groups excluding carboxylic acids is 1. The molecule has 2 aromatic carbocycles. The van der Waals surface area contributed by atoms with Crippen LogP contribution in [0.15, 0.2) is 65.5 Å². The third kappa shape index (κ3) is 4.47. The predicted octanol–water partition coefficient (Wildman–Crippen LogP) is 4.01. The molecular formula is C23H25N3O3. The van der Waals surface area contributed by atoms with Crippen LogP contribution in [0.4, 0.5) is 0 Å². The van der Waals surface area contributed by atoms with Crippen LogP contribution in [0.3, 0.4) is 0 Å². The molecule has 6 heteroatoms. The zero-order valence-electron chi connectivity index (χ0n) is 16.5. The second-order valence-corrected chi connectivity index (χ2v) is 7.39. The van der Waals surface area contributed by atoms with Gasteiger partial charge in [0, 0.05) is 31.3 Å². The summed E-state index contributed by atoms with van der Waals surface area (Å²) >= 11 is 0. The number of hydrogen-bond acceptors (Lipinski definition) is 5. The van der Waals surface area contributed by atoms with Gasteiger partial charge < -0.3 is 14.2 Å². The highest BCUT2D eigenvalue weighted by Crippen LogP contribution is 2.31. The number of benzene rings is 2. The van der Waals surface area contributed by atoms with Gasteiger partial charge in [0.15, 0.2) is 5.82 Å². The molecule has 0 N–H and O–H groups in total. The molecule has 6 nitrogen and oxygen atoms in total. The maximum atomic E-state index is 13.1. The normalized spacial score (nSPS) is 15.8. The minimum absolute atomic E-state index is 0.0181. The van der Waals surface area contributed by atoms with Crippen molar-refractivity contribution in [3.63, 3.8) is 0 Å². The number of likely N-dealkylation sites (tertiary alicyclic amines) is 1. The Morgan fingerprint density at radius 3 is 2.41 bits per heavy atom. The van der Waals surface area contributed by atoms with Crippen molar-refractivity contribution in [2.24, 2.45) is 0 Å². The van der Waals surface area contributed by atoms with Gasteiger partial charge in [0.05, 0.1) is 7.11 Å². The minimum atomic E-state index is 0.0181. The smallest absolute Gasteiger partial charge is 0.223 e. The van der Waals surface area contributed by atoms with Gasteiger partial charge in [-0.2, -0.15) is 4.98 Å². The molecule has 1 aromatic heterocycles. The molecule has 0 saturated carbocycles. The molecule has 1 fully saturated rings. The molecule has 0 spiro atoms. The van der Waals surface area contributed by atoms with E-state index >= 15 is 0 Å². The Morgan fingerprint density at radius 1 is 1.10 bits per heavy atom. The Hall–Kier alpha value is -3.15. The van der Waals surface area contributed by atoms with Crippen LogP contribution in [0, 0.1) is 0 Å². The summed E-state index contributed by atoms with van der Waals surface area (Å²) in [5, 5.41) is 3.95. The van der Waals surface area contributed by atoms with Gasteiger partial charge in [0.25, 0.3) is 0 Å². The Kier molecular flexibility index (Phi) is 5.89. The van der Waals surface area contributed by atoms with Crippen molar-refractivity contribution < 1.29 is 14.1 Å². The zero-order valence-corrected chi connectivity index (χ0v) is 16.5. The van der Waals surface area contributed by atoms with E-state index in [0.29, 0.717) is 6.42 Å². The van der Waals surface area contributed by atoms with Gasteiger partial charge in [-0.3, -0.25) is 4.79 Å². The predicted molar refractivity (Wildman–Crippen MR) is 109 cm³/mol. The number of carbonyl (C=O) groups is 1. The molecule has 1 amide bonds. The van der Waals surface area contributed by atoms with Gasteiger partial charge in [-0.05, 0) is 36.1 Å². The quantitative estimate of drug-likeness (QED) is 0.635. The van der Waals surface area contributed by atoms with Crippen LogP contribution in [0.5, 0.6) is 5.75 Å². The van der Waals surface area contributed by atoms with Gasteiger partial charge in [-0.15, -0.1) is 0 Å². The summed E-state index contributed by atoms with van der Waals surface area (Å²) < 4.78 is 10.1. The van der Waals surface area contributed by atoms with Crippen LogP contribution in [0.1, 0.15) is 48.0 Å². The van der Waals surface area contributed by atoms with Crippen molar-refractivity contribution in [3.8, 4) is 5.75 Å². The summed E-state index contributed by atoms with van der Waals surface area (Å²) in [5.41, 5.74) is 2.26. The molecule has 1 aliphatic heterocycles. The number of piperidine rings is 1. The average molecular weight is 391 g/mol. The van der Waals surface area contributed by atoms with Crippen molar-refractivity contribution in [2.75, 3.05) is 20.2 Å². The zero-order chi connectivity index (χ0) is 20.1. The maximum Gasteiger partial charge on any atom is 0.223 e. The van der Waals surface area contributed by atoms with Crippen molar-refractivity contribution in [1.29, 1.82) is 0 Å². The van der Waals surface area contributed by atoms with E-state index in [1.807, 2.05) is 47.4 Å². The van der Waals surface area contributed by atoms with Crippen LogP contribution in [0.2, 0.25) is 0 Å². The van der Waals surface area contributed by atoms with Crippen LogP contribution in [-0.4, -0.2) is 41.1 Å². The summed E-state index contributed by atoms with van der Waals surface area (Å²) in [6.45, 7) is 1.45. The van der Waals surface area contributed by atoms with Crippen LogP contribution in [-0.2, 0) is 4.79 Å². The third-order valence-electron chi connectivity index (χ3n) is 5.69. The number of ether oxygens (including phenoxy) is 1. The molecule has 4 rings (SSSR count). The van der Waals surface area contributed by atoms with Gasteiger partial charge in [-0.1, -0.05) is 47.6 Å². The van der Waals surface area contributed by atoms with Crippen molar-refractivity contribution in [1.82, 2.24) is 15.0 Å². The van der Waals surface area contributed by atoms with Crippen LogP contribution in [0.25, 0.3) is 0 Å². The van der Waals surface area contributed by atoms with Crippen molar-refractivity contribution in [2.45, 2.75) is 31.1 Å². The Morgan fingerprint density at radius 2 is 1.79 bits per heavy atom. The molecule has 3 aromatic rings. The Labute approximate surface area is 170 Å². The van der Waals surface area contributed by atoms with E-state index in [1.165, 1.54) is 6.39 Å². The molecule has 1 saturated heterocycles. The van der Waals surface area contributed by atoms with E-state index in [-0.39, 0.29) is 17.7 Å². The van der Waals surface area contributed by atoms with E-state index in [4.69, 9.17) is 9.26 Å². The molecule has 150 valence electrons. The van der Waals surface area contributed by atoms with Crippen molar-refractivity contribution >= 4 is 5.91 Å². The molecule has 29 heavy (non-hydrogen) atoms. The highest BCUT2D eigenvalue weighted by molar-refractivity contribution is 5.78.